The number of nitrogens with two attached hydrogens (primary N) is 1. The highest BCUT2D eigenvalue weighted by Gasteiger charge is 2.39. The Hall–Kier alpha value is -0.900. The van der Waals surface area contributed by atoms with E-state index in [9.17, 15) is 4.79 Å². The van der Waals surface area contributed by atoms with E-state index >= 15 is 0 Å². The normalized spacial score (nSPS) is 25.3. The van der Waals surface area contributed by atoms with E-state index in [-0.39, 0.29) is 11.8 Å². The molecule has 19 heavy (non-hydrogen) atoms. The summed E-state index contributed by atoms with van der Waals surface area (Å²) in [5, 5.41) is 6.50. The molecule has 1 saturated carbocycles. The summed E-state index contributed by atoms with van der Waals surface area (Å²) >= 11 is 0. The lowest BCUT2D eigenvalue weighted by atomic mass is 9.89. The van der Waals surface area contributed by atoms with Gasteiger partial charge in [-0.25, -0.2) is 5.01 Å². The van der Waals surface area contributed by atoms with E-state index in [0.29, 0.717) is 18.5 Å². The minimum absolute atomic E-state index is 0.00882. The zero-order chi connectivity index (χ0) is 13.8. The summed E-state index contributed by atoms with van der Waals surface area (Å²) in [7, 11) is 0. The van der Waals surface area contributed by atoms with Crippen molar-refractivity contribution in [2.45, 2.75) is 64.8 Å². The van der Waals surface area contributed by atoms with Gasteiger partial charge in [0.25, 0.3) is 5.91 Å². The van der Waals surface area contributed by atoms with Crippen molar-refractivity contribution >= 4 is 11.6 Å². The predicted molar refractivity (Wildman–Crippen MR) is 77.8 cm³/mol. The Bertz CT molecular complexity index is 345. The van der Waals surface area contributed by atoms with Crippen molar-refractivity contribution < 1.29 is 4.79 Å². The molecule has 0 saturated heterocycles. The van der Waals surface area contributed by atoms with Gasteiger partial charge in [0, 0.05) is 0 Å². The Kier molecular flexibility index (Phi) is 4.97. The number of carbonyl (C=O) groups is 1. The van der Waals surface area contributed by atoms with E-state index in [0.717, 1.165) is 31.4 Å². The molecule has 108 valence electrons. The molecule has 0 aromatic heterocycles. The van der Waals surface area contributed by atoms with Gasteiger partial charge in [-0.05, 0) is 38.1 Å². The summed E-state index contributed by atoms with van der Waals surface area (Å²) in [5.41, 5.74) is 6.66. The monoisotopic (exact) mass is 265 g/mol. The van der Waals surface area contributed by atoms with Crippen LogP contribution >= 0.6 is 0 Å². The molecule has 0 aromatic rings. The summed E-state index contributed by atoms with van der Waals surface area (Å²) in [6, 6.07) is 0.345. The van der Waals surface area contributed by atoms with Crippen molar-refractivity contribution in [2.75, 3.05) is 6.54 Å². The molecular formula is C15H27N3O. The Labute approximate surface area is 116 Å². The van der Waals surface area contributed by atoms with E-state index in [2.05, 4.69) is 18.9 Å². The summed E-state index contributed by atoms with van der Waals surface area (Å²) in [5.74, 6) is 0.565. The second-order valence-electron chi connectivity index (χ2n) is 6.14. The first kappa shape index (κ1) is 14.5. The molecule has 1 unspecified atom stereocenters. The number of hydrogen-bond acceptors (Lipinski definition) is 3. The van der Waals surface area contributed by atoms with Gasteiger partial charge in [-0.3, -0.25) is 4.79 Å². The zero-order valence-electron chi connectivity index (χ0n) is 12.3. The number of nitrogens with zero attached hydrogens (tertiary/aromatic N) is 2. The summed E-state index contributed by atoms with van der Waals surface area (Å²) < 4.78 is 0. The highest BCUT2D eigenvalue weighted by Crippen LogP contribution is 2.31. The van der Waals surface area contributed by atoms with Crippen LogP contribution in [0, 0.1) is 11.8 Å². The van der Waals surface area contributed by atoms with Crippen LogP contribution in [0.4, 0.5) is 0 Å². The van der Waals surface area contributed by atoms with Crippen LogP contribution < -0.4 is 5.73 Å². The fraction of sp³-hybridized carbons (Fsp3) is 0.867. The Morgan fingerprint density at radius 3 is 2.58 bits per heavy atom. The third kappa shape index (κ3) is 3.16. The van der Waals surface area contributed by atoms with Gasteiger partial charge in [-0.15, -0.1) is 0 Å². The maximum absolute atomic E-state index is 12.6. The van der Waals surface area contributed by atoms with Crippen molar-refractivity contribution in [1.82, 2.24) is 5.01 Å². The van der Waals surface area contributed by atoms with Gasteiger partial charge in [0.1, 0.15) is 0 Å². The molecule has 2 rings (SSSR count). The number of rotatable bonds is 5. The molecule has 1 fully saturated rings. The lowest BCUT2D eigenvalue weighted by molar-refractivity contribution is -0.134. The summed E-state index contributed by atoms with van der Waals surface area (Å²) in [4.78, 5) is 12.6. The second-order valence-corrected chi connectivity index (χ2v) is 6.14. The molecule has 1 aliphatic heterocycles. The average molecular weight is 265 g/mol. The largest absolute Gasteiger partial charge is 0.330 e. The SMILES string of the molecule is CC(C)C1=NN(C2CCCCC2)C(=O)C1CCCN. The van der Waals surface area contributed by atoms with Gasteiger partial charge in [0.05, 0.1) is 17.7 Å². The minimum atomic E-state index is -0.00882. The molecule has 1 heterocycles. The van der Waals surface area contributed by atoms with Crippen LogP contribution in [0.15, 0.2) is 5.10 Å². The lowest BCUT2D eigenvalue weighted by Gasteiger charge is -2.28. The highest BCUT2D eigenvalue weighted by atomic mass is 16.2. The molecule has 4 nitrogen and oxygen atoms in total. The first-order valence-electron chi connectivity index (χ1n) is 7.76. The van der Waals surface area contributed by atoms with Crippen molar-refractivity contribution in [2.24, 2.45) is 22.7 Å². The number of hydrazone groups is 1. The summed E-state index contributed by atoms with van der Waals surface area (Å²) in [6.07, 6.45) is 7.75. The number of hydrogen-bond donors (Lipinski definition) is 1. The first-order valence-corrected chi connectivity index (χ1v) is 7.76. The molecule has 4 heteroatoms. The third-order valence-corrected chi connectivity index (χ3v) is 4.31. The molecule has 0 radical (unpaired) electrons. The van der Waals surface area contributed by atoms with Crippen LogP contribution in [-0.4, -0.2) is 29.2 Å². The standard InChI is InChI=1S/C15H27N3O/c1-11(2)14-13(9-6-10-16)15(19)18(17-14)12-7-4-3-5-8-12/h11-13H,3-10,16H2,1-2H3. The molecule has 2 aliphatic rings. The fourth-order valence-electron chi connectivity index (χ4n) is 3.23. The van der Waals surface area contributed by atoms with Crippen molar-refractivity contribution in [3.8, 4) is 0 Å². The van der Waals surface area contributed by atoms with Gasteiger partial charge in [0.2, 0.25) is 0 Å². The smallest absolute Gasteiger partial charge is 0.251 e. The number of carbonyl (C=O) groups excluding carboxylic acids is 1. The van der Waals surface area contributed by atoms with E-state index in [1.54, 1.807) is 0 Å². The van der Waals surface area contributed by atoms with Gasteiger partial charge in [-0.2, -0.15) is 5.10 Å². The van der Waals surface area contributed by atoms with Crippen molar-refractivity contribution in [1.29, 1.82) is 0 Å². The number of amides is 1. The van der Waals surface area contributed by atoms with Crippen LogP contribution in [0.25, 0.3) is 0 Å². The topological polar surface area (TPSA) is 58.7 Å². The first-order chi connectivity index (χ1) is 9.15. The average Bonchev–Trinajstić information content (AvgIpc) is 2.75. The highest BCUT2D eigenvalue weighted by molar-refractivity contribution is 6.08. The van der Waals surface area contributed by atoms with Crippen molar-refractivity contribution in [3.05, 3.63) is 0 Å². The maximum Gasteiger partial charge on any atom is 0.251 e. The summed E-state index contributed by atoms with van der Waals surface area (Å²) in [6.45, 7) is 4.91. The van der Waals surface area contributed by atoms with Crippen LogP contribution in [0.2, 0.25) is 0 Å². The van der Waals surface area contributed by atoms with Crippen LogP contribution in [-0.2, 0) is 4.79 Å². The van der Waals surface area contributed by atoms with E-state index in [1.165, 1.54) is 19.3 Å². The molecule has 1 amide bonds. The maximum atomic E-state index is 12.6. The van der Waals surface area contributed by atoms with Crippen LogP contribution in [0.5, 0.6) is 0 Å². The quantitative estimate of drug-likeness (QED) is 0.830. The Morgan fingerprint density at radius 1 is 1.32 bits per heavy atom. The fourth-order valence-corrected chi connectivity index (χ4v) is 3.23. The van der Waals surface area contributed by atoms with E-state index in [1.807, 2.05) is 5.01 Å². The van der Waals surface area contributed by atoms with Gasteiger partial charge < -0.3 is 5.73 Å². The lowest BCUT2D eigenvalue weighted by Crippen LogP contribution is -2.37. The third-order valence-electron chi connectivity index (χ3n) is 4.31. The second kappa shape index (κ2) is 6.51. The van der Waals surface area contributed by atoms with Gasteiger partial charge in [-0.1, -0.05) is 33.1 Å². The molecule has 0 bridgehead atoms. The minimum Gasteiger partial charge on any atom is -0.330 e. The van der Waals surface area contributed by atoms with Crippen molar-refractivity contribution in [3.63, 3.8) is 0 Å². The Balaban J connectivity index is 2.10. The molecule has 0 spiro atoms. The molecule has 1 aliphatic carbocycles. The zero-order valence-corrected chi connectivity index (χ0v) is 12.3. The van der Waals surface area contributed by atoms with Crippen LogP contribution in [0.3, 0.4) is 0 Å². The molecule has 1 atom stereocenters. The molecular weight excluding hydrogens is 238 g/mol. The van der Waals surface area contributed by atoms with Gasteiger partial charge in [0.15, 0.2) is 0 Å². The van der Waals surface area contributed by atoms with Gasteiger partial charge >= 0.3 is 0 Å². The molecule has 0 aromatic carbocycles. The van der Waals surface area contributed by atoms with E-state index < -0.39 is 0 Å². The predicted octanol–water partition coefficient (Wildman–Crippen LogP) is 2.53. The Morgan fingerprint density at radius 2 is 2.00 bits per heavy atom. The molecule has 2 N–H and O–H groups in total. The van der Waals surface area contributed by atoms with E-state index in [4.69, 9.17) is 5.73 Å². The van der Waals surface area contributed by atoms with Crippen LogP contribution in [0.1, 0.15) is 58.8 Å².